The van der Waals surface area contributed by atoms with Crippen LogP contribution in [0.1, 0.15) is 51.1 Å². The van der Waals surface area contributed by atoms with E-state index in [-0.39, 0.29) is 11.9 Å². The van der Waals surface area contributed by atoms with Crippen molar-refractivity contribution >= 4 is 5.69 Å². The van der Waals surface area contributed by atoms with Crippen molar-refractivity contribution in [3.05, 3.63) is 29.6 Å². The van der Waals surface area contributed by atoms with Crippen molar-refractivity contribution < 1.29 is 4.39 Å². The fourth-order valence-electron chi connectivity index (χ4n) is 3.16. The summed E-state index contributed by atoms with van der Waals surface area (Å²) in [5, 5.41) is 3.52. The van der Waals surface area contributed by atoms with Gasteiger partial charge in [0, 0.05) is 25.2 Å². The highest BCUT2D eigenvalue weighted by atomic mass is 19.1. The van der Waals surface area contributed by atoms with Crippen molar-refractivity contribution in [1.29, 1.82) is 0 Å². The van der Waals surface area contributed by atoms with Gasteiger partial charge in [0.15, 0.2) is 0 Å². The average Bonchev–Trinajstić information content (AvgIpc) is 3.22. The van der Waals surface area contributed by atoms with Crippen molar-refractivity contribution in [3.8, 4) is 0 Å². The maximum Gasteiger partial charge on any atom is 0.146 e. The van der Waals surface area contributed by atoms with E-state index in [9.17, 15) is 4.39 Å². The molecular weight excluding hydrogens is 251 g/mol. The van der Waals surface area contributed by atoms with Gasteiger partial charge in [0.25, 0.3) is 0 Å². The Morgan fingerprint density at radius 2 is 2.10 bits per heavy atom. The zero-order valence-electron chi connectivity index (χ0n) is 12.5. The van der Waals surface area contributed by atoms with Crippen LogP contribution < -0.4 is 10.2 Å². The van der Waals surface area contributed by atoms with Gasteiger partial charge in [-0.3, -0.25) is 0 Å². The van der Waals surface area contributed by atoms with E-state index in [1.807, 2.05) is 6.07 Å². The fourth-order valence-corrected chi connectivity index (χ4v) is 3.16. The first kappa shape index (κ1) is 13.9. The predicted octanol–water partition coefficient (Wildman–Crippen LogP) is 3.88. The van der Waals surface area contributed by atoms with Crippen LogP contribution in [0.4, 0.5) is 10.1 Å². The molecule has 1 saturated heterocycles. The minimum absolute atomic E-state index is 0.0685. The second kappa shape index (κ2) is 5.72. The number of nitrogens with zero attached hydrogens (tertiary/aromatic N) is 1. The summed E-state index contributed by atoms with van der Waals surface area (Å²) in [5.74, 6) is 0.597. The molecule has 110 valence electrons. The number of hydrogen-bond acceptors (Lipinski definition) is 2. The first-order valence-corrected chi connectivity index (χ1v) is 7.94. The molecular formula is C17H25FN2. The summed E-state index contributed by atoms with van der Waals surface area (Å²) in [7, 11) is 0. The molecule has 0 bridgehead atoms. The zero-order chi connectivity index (χ0) is 14.1. The van der Waals surface area contributed by atoms with Gasteiger partial charge in [-0.05, 0) is 56.2 Å². The Labute approximate surface area is 121 Å². The lowest BCUT2D eigenvalue weighted by molar-refractivity contribution is 0.442. The number of halogens is 1. The number of hydrogen-bond donors (Lipinski definition) is 1. The summed E-state index contributed by atoms with van der Waals surface area (Å²) >= 11 is 0. The molecule has 1 aliphatic heterocycles. The Hall–Kier alpha value is -1.09. The molecule has 1 saturated carbocycles. The van der Waals surface area contributed by atoms with Gasteiger partial charge in [0.2, 0.25) is 0 Å². The Bertz CT molecular complexity index is 470. The van der Waals surface area contributed by atoms with Gasteiger partial charge in [-0.15, -0.1) is 0 Å². The van der Waals surface area contributed by atoms with Crippen molar-refractivity contribution in [3.63, 3.8) is 0 Å². The monoisotopic (exact) mass is 276 g/mol. The van der Waals surface area contributed by atoms with Crippen molar-refractivity contribution in [1.82, 2.24) is 5.32 Å². The second-order valence-electron chi connectivity index (χ2n) is 6.57. The third-order valence-corrected chi connectivity index (χ3v) is 4.53. The van der Waals surface area contributed by atoms with E-state index in [1.165, 1.54) is 25.7 Å². The van der Waals surface area contributed by atoms with Crippen molar-refractivity contribution in [2.75, 3.05) is 18.0 Å². The SMILES string of the molecule is C[C@H]1CCCN(c2ccc([C@H](C)NC3CC3)cc2F)C1. The normalized spacial score (nSPS) is 24.8. The molecule has 0 aromatic heterocycles. The Morgan fingerprint density at radius 1 is 1.30 bits per heavy atom. The molecule has 1 aromatic carbocycles. The minimum atomic E-state index is -0.0685. The highest BCUT2D eigenvalue weighted by Crippen LogP contribution is 2.29. The summed E-state index contributed by atoms with van der Waals surface area (Å²) in [4.78, 5) is 2.20. The molecule has 0 amide bonds. The third-order valence-electron chi connectivity index (χ3n) is 4.53. The molecule has 2 nitrogen and oxygen atoms in total. The summed E-state index contributed by atoms with van der Waals surface area (Å²) in [6.07, 6.45) is 4.95. The molecule has 0 unspecified atom stereocenters. The van der Waals surface area contributed by atoms with Crippen LogP contribution in [0.25, 0.3) is 0 Å². The van der Waals surface area contributed by atoms with E-state index in [1.54, 1.807) is 6.07 Å². The fraction of sp³-hybridized carbons (Fsp3) is 0.647. The van der Waals surface area contributed by atoms with E-state index in [0.29, 0.717) is 12.0 Å². The molecule has 0 spiro atoms. The maximum atomic E-state index is 14.4. The van der Waals surface area contributed by atoms with Gasteiger partial charge in [-0.25, -0.2) is 4.39 Å². The summed E-state index contributed by atoms with van der Waals surface area (Å²) < 4.78 is 14.4. The first-order chi connectivity index (χ1) is 9.63. The quantitative estimate of drug-likeness (QED) is 0.898. The lowest BCUT2D eigenvalue weighted by Gasteiger charge is -2.33. The van der Waals surface area contributed by atoms with Crippen LogP contribution in [0.3, 0.4) is 0 Å². The second-order valence-corrected chi connectivity index (χ2v) is 6.57. The molecule has 20 heavy (non-hydrogen) atoms. The van der Waals surface area contributed by atoms with Crippen LogP contribution in [-0.2, 0) is 0 Å². The van der Waals surface area contributed by atoms with E-state index in [4.69, 9.17) is 0 Å². The van der Waals surface area contributed by atoms with Gasteiger partial charge >= 0.3 is 0 Å². The standard InChI is InChI=1S/C17H25FN2/c1-12-4-3-9-20(11-12)17-8-5-14(10-16(17)18)13(2)19-15-6-7-15/h5,8,10,12-13,15,19H,3-4,6-7,9,11H2,1-2H3/t12-,13-/m0/s1. The highest BCUT2D eigenvalue weighted by Gasteiger charge is 2.24. The van der Waals surface area contributed by atoms with E-state index in [0.717, 1.165) is 24.3 Å². The minimum Gasteiger partial charge on any atom is -0.369 e. The molecule has 2 fully saturated rings. The van der Waals surface area contributed by atoms with Crippen LogP contribution in [-0.4, -0.2) is 19.1 Å². The van der Waals surface area contributed by atoms with Gasteiger partial charge in [-0.1, -0.05) is 13.0 Å². The Kier molecular flexibility index (Phi) is 3.97. The molecule has 1 aliphatic carbocycles. The molecule has 1 N–H and O–H groups in total. The zero-order valence-corrected chi connectivity index (χ0v) is 12.5. The smallest absolute Gasteiger partial charge is 0.146 e. The van der Waals surface area contributed by atoms with Crippen LogP contribution in [0.2, 0.25) is 0 Å². The van der Waals surface area contributed by atoms with Crippen molar-refractivity contribution in [2.24, 2.45) is 5.92 Å². The number of piperidine rings is 1. The summed E-state index contributed by atoms with van der Waals surface area (Å²) in [6.45, 7) is 6.33. The van der Waals surface area contributed by atoms with Gasteiger partial charge in [0.05, 0.1) is 5.69 Å². The third kappa shape index (κ3) is 3.14. The maximum absolute atomic E-state index is 14.4. The van der Waals surface area contributed by atoms with Crippen LogP contribution in [0, 0.1) is 11.7 Å². The molecule has 1 heterocycles. The average molecular weight is 276 g/mol. The molecule has 3 heteroatoms. The van der Waals surface area contributed by atoms with E-state index >= 15 is 0 Å². The lowest BCUT2D eigenvalue weighted by atomic mass is 9.99. The molecule has 2 aliphatic rings. The number of anilines is 1. The lowest BCUT2D eigenvalue weighted by Crippen LogP contribution is -2.34. The largest absolute Gasteiger partial charge is 0.369 e. The van der Waals surface area contributed by atoms with Crippen LogP contribution >= 0.6 is 0 Å². The number of rotatable bonds is 4. The molecule has 2 atom stereocenters. The van der Waals surface area contributed by atoms with Crippen LogP contribution in [0.15, 0.2) is 18.2 Å². The van der Waals surface area contributed by atoms with Gasteiger partial charge < -0.3 is 10.2 Å². The molecule has 3 rings (SSSR count). The van der Waals surface area contributed by atoms with Gasteiger partial charge in [-0.2, -0.15) is 0 Å². The highest BCUT2D eigenvalue weighted by molar-refractivity contribution is 5.50. The van der Waals surface area contributed by atoms with Gasteiger partial charge in [0.1, 0.15) is 5.82 Å². The molecule has 1 aromatic rings. The Balaban J connectivity index is 1.72. The summed E-state index contributed by atoms with van der Waals surface area (Å²) in [6, 6.07) is 6.65. The van der Waals surface area contributed by atoms with Crippen molar-refractivity contribution in [2.45, 2.75) is 51.6 Å². The first-order valence-electron chi connectivity index (χ1n) is 7.94. The number of benzene rings is 1. The van der Waals surface area contributed by atoms with Crippen LogP contribution in [0.5, 0.6) is 0 Å². The Morgan fingerprint density at radius 3 is 2.75 bits per heavy atom. The molecule has 0 radical (unpaired) electrons. The topological polar surface area (TPSA) is 15.3 Å². The summed E-state index contributed by atoms with van der Waals surface area (Å²) in [5.41, 5.74) is 1.84. The predicted molar refractivity (Wildman–Crippen MR) is 81.6 cm³/mol. The number of nitrogens with one attached hydrogen (secondary N) is 1. The van der Waals surface area contributed by atoms with E-state index < -0.39 is 0 Å². The van der Waals surface area contributed by atoms with E-state index in [2.05, 4.69) is 30.1 Å².